The summed E-state index contributed by atoms with van der Waals surface area (Å²) >= 11 is 0. The van der Waals surface area contributed by atoms with E-state index in [2.05, 4.69) is 6.92 Å². The summed E-state index contributed by atoms with van der Waals surface area (Å²) in [7, 11) is 0. The van der Waals surface area contributed by atoms with Gasteiger partial charge in [0.15, 0.2) is 0 Å². The van der Waals surface area contributed by atoms with Crippen molar-refractivity contribution in [3.05, 3.63) is 29.8 Å². The molecule has 1 aliphatic rings. The molecule has 1 saturated heterocycles. The number of likely N-dealkylation sites (tertiary alicyclic amines) is 1. The molecule has 4 nitrogen and oxygen atoms in total. The SMILES string of the molecule is CCCN(C(=O)N1CCCCCC1)c1ccc(CN)cc1. The first-order chi connectivity index (χ1) is 10.3. The van der Waals surface area contributed by atoms with E-state index in [1.807, 2.05) is 34.1 Å². The number of anilines is 1. The topological polar surface area (TPSA) is 49.6 Å². The predicted octanol–water partition coefficient (Wildman–Crippen LogP) is 3.36. The Hall–Kier alpha value is -1.55. The highest BCUT2D eigenvalue weighted by atomic mass is 16.2. The van der Waals surface area contributed by atoms with Gasteiger partial charge < -0.3 is 10.6 Å². The van der Waals surface area contributed by atoms with Crippen LogP contribution in [0.1, 0.15) is 44.6 Å². The van der Waals surface area contributed by atoms with Crippen LogP contribution in [0.4, 0.5) is 10.5 Å². The number of carbonyl (C=O) groups excluding carboxylic acids is 1. The summed E-state index contributed by atoms with van der Waals surface area (Å²) in [5, 5.41) is 0. The fraction of sp³-hybridized carbons (Fsp3) is 0.588. The first-order valence-electron chi connectivity index (χ1n) is 8.11. The molecule has 1 aliphatic heterocycles. The third kappa shape index (κ3) is 4.21. The van der Waals surface area contributed by atoms with Gasteiger partial charge in [-0.1, -0.05) is 31.9 Å². The summed E-state index contributed by atoms with van der Waals surface area (Å²) in [4.78, 5) is 16.7. The van der Waals surface area contributed by atoms with Crippen LogP contribution in [-0.4, -0.2) is 30.6 Å². The first-order valence-corrected chi connectivity index (χ1v) is 8.11. The predicted molar refractivity (Wildman–Crippen MR) is 87.4 cm³/mol. The molecule has 1 aromatic carbocycles. The number of urea groups is 1. The van der Waals surface area contributed by atoms with Gasteiger partial charge in [-0.15, -0.1) is 0 Å². The largest absolute Gasteiger partial charge is 0.326 e. The van der Waals surface area contributed by atoms with Crippen LogP contribution in [0.5, 0.6) is 0 Å². The van der Waals surface area contributed by atoms with Crippen LogP contribution in [-0.2, 0) is 6.54 Å². The molecule has 2 rings (SSSR count). The van der Waals surface area contributed by atoms with Crippen LogP contribution < -0.4 is 10.6 Å². The number of nitrogens with zero attached hydrogens (tertiary/aromatic N) is 2. The Kier molecular flexibility index (Phi) is 6.05. The maximum Gasteiger partial charge on any atom is 0.324 e. The Morgan fingerprint density at radius 1 is 1.14 bits per heavy atom. The fourth-order valence-electron chi connectivity index (χ4n) is 2.80. The molecule has 2 amide bonds. The molecule has 2 N–H and O–H groups in total. The zero-order chi connectivity index (χ0) is 15.1. The Balaban J connectivity index is 2.13. The standard InChI is InChI=1S/C17H27N3O/c1-2-11-20(16-9-7-15(14-18)8-10-16)17(21)19-12-5-3-4-6-13-19/h7-10H,2-6,11-14,18H2,1H3. The van der Waals surface area contributed by atoms with Crippen molar-refractivity contribution in [1.29, 1.82) is 0 Å². The van der Waals surface area contributed by atoms with Gasteiger partial charge in [0.25, 0.3) is 0 Å². The summed E-state index contributed by atoms with van der Waals surface area (Å²) in [6.45, 7) is 5.18. The summed E-state index contributed by atoms with van der Waals surface area (Å²) in [6.07, 6.45) is 5.68. The van der Waals surface area contributed by atoms with E-state index < -0.39 is 0 Å². The van der Waals surface area contributed by atoms with E-state index in [1.165, 1.54) is 12.8 Å². The van der Waals surface area contributed by atoms with E-state index in [1.54, 1.807) is 0 Å². The molecule has 21 heavy (non-hydrogen) atoms. The van der Waals surface area contributed by atoms with Gasteiger partial charge in [-0.25, -0.2) is 4.79 Å². The molecular formula is C17H27N3O. The summed E-state index contributed by atoms with van der Waals surface area (Å²) in [6, 6.07) is 8.18. The van der Waals surface area contributed by atoms with Crippen molar-refractivity contribution in [2.24, 2.45) is 5.73 Å². The first kappa shape index (κ1) is 15.8. The zero-order valence-corrected chi connectivity index (χ0v) is 13.1. The molecule has 1 aromatic rings. The maximum absolute atomic E-state index is 12.8. The summed E-state index contributed by atoms with van der Waals surface area (Å²) in [5.74, 6) is 0. The van der Waals surface area contributed by atoms with Crippen molar-refractivity contribution in [2.75, 3.05) is 24.5 Å². The van der Waals surface area contributed by atoms with Crippen LogP contribution in [0.3, 0.4) is 0 Å². The van der Waals surface area contributed by atoms with Gasteiger partial charge >= 0.3 is 6.03 Å². The Labute approximate surface area is 127 Å². The van der Waals surface area contributed by atoms with Gasteiger partial charge in [0.2, 0.25) is 0 Å². The quantitative estimate of drug-likeness (QED) is 0.924. The van der Waals surface area contributed by atoms with Crippen molar-refractivity contribution in [2.45, 2.75) is 45.6 Å². The minimum atomic E-state index is 0.152. The minimum absolute atomic E-state index is 0.152. The molecule has 0 unspecified atom stereocenters. The molecular weight excluding hydrogens is 262 g/mol. The van der Waals surface area contributed by atoms with E-state index in [9.17, 15) is 4.79 Å². The van der Waals surface area contributed by atoms with E-state index in [-0.39, 0.29) is 6.03 Å². The molecule has 0 aliphatic carbocycles. The van der Waals surface area contributed by atoms with E-state index in [0.29, 0.717) is 6.54 Å². The van der Waals surface area contributed by atoms with E-state index in [0.717, 1.165) is 50.1 Å². The normalized spacial score (nSPS) is 15.6. The molecule has 0 spiro atoms. The number of carbonyl (C=O) groups is 1. The number of hydrogen-bond acceptors (Lipinski definition) is 2. The van der Waals surface area contributed by atoms with Crippen molar-refractivity contribution in [3.8, 4) is 0 Å². The van der Waals surface area contributed by atoms with Crippen LogP contribution in [0.2, 0.25) is 0 Å². The lowest BCUT2D eigenvalue weighted by Crippen LogP contribution is -2.44. The molecule has 1 heterocycles. The molecule has 0 atom stereocenters. The van der Waals surface area contributed by atoms with Crippen LogP contribution >= 0.6 is 0 Å². The van der Waals surface area contributed by atoms with E-state index >= 15 is 0 Å². The Morgan fingerprint density at radius 3 is 2.29 bits per heavy atom. The number of rotatable bonds is 4. The highest BCUT2D eigenvalue weighted by molar-refractivity contribution is 5.92. The van der Waals surface area contributed by atoms with Gasteiger partial charge in [-0.05, 0) is 37.0 Å². The van der Waals surface area contributed by atoms with E-state index in [4.69, 9.17) is 5.73 Å². The monoisotopic (exact) mass is 289 g/mol. The lowest BCUT2D eigenvalue weighted by atomic mass is 10.2. The van der Waals surface area contributed by atoms with Crippen LogP contribution in [0, 0.1) is 0 Å². The minimum Gasteiger partial charge on any atom is -0.326 e. The van der Waals surface area contributed by atoms with Gasteiger partial charge in [0.1, 0.15) is 0 Å². The lowest BCUT2D eigenvalue weighted by Gasteiger charge is -2.30. The number of nitrogens with two attached hydrogens (primary N) is 1. The average Bonchev–Trinajstić information content (AvgIpc) is 2.81. The molecule has 1 fully saturated rings. The number of benzene rings is 1. The number of hydrogen-bond donors (Lipinski definition) is 1. The average molecular weight is 289 g/mol. The second-order valence-corrected chi connectivity index (χ2v) is 5.71. The highest BCUT2D eigenvalue weighted by Gasteiger charge is 2.22. The van der Waals surface area contributed by atoms with Gasteiger partial charge in [-0.2, -0.15) is 0 Å². The van der Waals surface area contributed by atoms with Crippen molar-refractivity contribution < 1.29 is 4.79 Å². The second-order valence-electron chi connectivity index (χ2n) is 5.71. The molecule has 0 saturated carbocycles. The van der Waals surface area contributed by atoms with Crippen LogP contribution in [0.25, 0.3) is 0 Å². The fourth-order valence-corrected chi connectivity index (χ4v) is 2.80. The van der Waals surface area contributed by atoms with Gasteiger partial charge in [0.05, 0.1) is 0 Å². The lowest BCUT2D eigenvalue weighted by molar-refractivity contribution is 0.206. The smallest absolute Gasteiger partial charge is 0.324 e. The third-order valence-electron chi connectivity index (χ3n) is 4.04. The molecule has 116 valence electrons. The van der Waals surface area contributed by atoms with Crippen LogP contribution in [0.15, 0.2) is 24.3 Å². The summed E-state index contributed by atoms with van der Waals surface area (Å²) < 4.78 is 0. The summed E-state index contributed by atoms with van der Waals surface area (Å²) in [5.41, 5.74) is 7.71. The van der Waals surface area contributed by atoms with Gasteiger partial charge in [-0.3, -0.25) is 4.90 Å². The zero-order valence-electron chi connectivity index (χ0n) is 13.1. The Morgan fingerprint density at radius 2 is 1.76 bits per heavy atom. The molecule has 0 aromatic heterocycles. The van der Waals surface area contributed by atoms with Crippen molar-refractivity contribution in [1.82, 2.24) is 4.90 Å². The second kappa shape index (κ2) is 8.03. The van der Waals surface area contributed by atoms with Crippen molar-refractivity contribution in [3.63, 3.8) is 0 Å². The maximum atomic E-state index is 12.8. The van der Waals surface area contributed by atoms with Crippen molar-refractivity contribution >= 4 is 11.7 Å². The Bertz CT molecular complexity index is 436. The molecule has 0 bridgehead atoms. The molecule has 0 radical (unpaired) electrons. The third-order valence-corrected chi connectivity index (χ3v) is 4.04. The van der Waals surface area contributed by atoms with Gasteiger partial charge in [0, 0.05) is 31.9 Å². The number of amides is 2. The molecule has 4 heteroatoms. The highest BCUT2D eigenvalue weighted by Crippen LogP contribution is 2.19.